The molecule has 0 saturated carbocycles. The Morgan fingerprint density at radius 2 is 2.10 bits per heavy atom. The van der Waals surface area contributed by atoms with E-state index in [4.69, 9.17) is 4.74 Å². The number of hydrogen-bond acceptors (Lipinski definition) is 4. The minimum absolute atomic E-state index is 0.00884. The molecular weight excluding hydrogens is 273 g/mol. The van der Waals surface area contributed by atoms with E-state index in [0.29, 0.717) is 18.7 Å². The molecule has 1 heterocycles. The second-order valence-electron chi connectivity index (χ2n) is 5.91. The number of aliphatic hydroxyl groups is 2. The number of hydrogen-bond donors (Lipinski definition) is 2. The summed E-state index contributed by atoms with van der Waals surface area (Å²) in [5.41, 5.74) is 0.338. The van der Waals surface area contributed by atoms with Gasteiger partial charge in [0.25, 0.3) is 0 Å². The highest BCUT2D eigenvalue weighted by atomic mass is 19.1. The molecule has 1 aliphatic rings. The van der Waals surface area contributed by atoms with Crippen molar-refractivity contribution in [1.82, 2.24) is 4.90 Å². The summed E-state index contributed by atoms with van der Waals surface area (Å²) in [6.07, 6.45) is -0.975. The van der Waals surface area contributed by atoms with Gasteiger partial charge < -0.3 is 14.9 Å². The summed E-state index contributed by atoms with van der Waals surface area (Å²) in [6, 6.07) is 6.33. The van der Waals surface area contributed by atoms with E-state index >= 15 is 0 Å². The van der Waals surface area contributed by atoms with Crippen LogP contribution in [0.5, 0.6) is 0 Å². The molecule has 1 fully saturated rings. The van der Waals surface area contributed by atoms with Crippen LogP contribution in [0.4, 0.5) is 4.39 Å². The average molecular weight is 297 g/mol. The molecule has 1 aromatic rings. The molecule has 4 unspecified atom stereocenters. The first kappa shape index (κ1) is 16.4. The number of halogens is 1. The largest absolute Gasteiger partial charge is 0.394 e. The lowest BCUT2D eigenvalue weighted by atomic mass is 9.96. The van der Waals surface area contributed by atoms with Crippen LogP contribution in [0.25, 0.3) is 0 Å². The minimum atomic E-state index is -0.836. The van der Waals surface area contributed by atoms with Gasteiger partial charge >= 0.3 is 0 Å². The number of ether oxygens (including phenoxy) is 1. The first-order valence-electron chi connectivity index (χ1n) is 7.42. The van der Waals surface area contributed by atoms with Crippen molar-refractivity contribution < 1.29 is 19.3 Å². The monoisotopic (exact) mass is 297 g/mol. The van der Waals surface area contributed by atoms with Crippen molar-refractivity contribution in [2.24, 2.45) is 5.92 Å². The maximum Gasteiger partial charge on any atom is 0.129 e. The molecule has 118 valence electrons. The number of morpholine rings is 1. The first-order valence-corrected chi connectivity index (χ1v) is 7.42. The fourth-order valence-corrected chi connectivity index (χ4v) is 2.92. The average Bonchev–Trinajstić information content (AvgIpc) is 2.46. The lowest BCUT2D eigenvalue weighted by Gasteiger charge is -2.38. The van der Waals surface area contributed by atoms with E-state index in [1.807, 2.05) is 13.8 Å². The SMILES string of the molecule is CC1CN(CC(C)C(O)c2ccccc2F)CC(CO)O1. The van der Waals surface area contributed by atoms with E-state index in [9.17, 15) is 14.6 Å². The summed E-state index contributed by atoms with van der Waals surface area (Å²) in [6.45, 7) is 5.89. The van der Waals surface area contributed by atoms with Crippen molar-refractivity contribution in [1.29, 1.82) is 0 Å². The molecule has 1 aromatic carbocycles. The Morgan fingerprint density at radius 3 is 2.76 bits per heavy atom. The third-order valence-electron chi connectivity index (χ3n) is 3.91. The lowest BCUT2D eigenvalue weighted by Crippen LogP contribution is -2.49. The van der Waals surface area contributed by atoms with E-state index < -0.39 is 6.10 Å². The van der Waals surface area contributed by atoms with Gasteiger partial charge in [-0.1, -0.05) is 25.1 Å². The smallest absolute Gasteiger partial charge is 0.129 e. The predicted molar refractivity (Wildman–Crippen MR) is 78.4 cm³/mol. The summed E-state index contributed by atoms with van der Waals surface area (Å²) in [5.74, 6) is -0.480. The lowest BCUT2D eigenvalue weighted by molar-refractivity contribution is -0.101. The first-order chi connectivity index (χ1) is 10.0. The van der Waals surface area contributed by atoms with Crippen LogP contribution in [-0.2, 0) is 4.74 Å². The molecule has 0 aromatic heterocycles. The van der Waals surface area contributed by atoms with Crippen LogP contribution >= 0.6 is 0 Å². The Labute approximate surface area is 125 Å². The summed E-state index contributed by atoms with van der Waals surface area (Å²) in [5, 5.41) is 19.6. The molecule has 4 nitrogen and oxygen atoms in total. The fourth-order valence-electron chi connectivity index (χ4n) is 2.92. The zero-order chi connectivity index (χ0) is 15.4. The molecule has 5 heteroatoms. The highest BCUT2D eigenvalue weighted by Gasteiger charge is 2.28. The van der Waals surface area contributed by atoms with Gasteiger partial charge in [0.05, 0.1) is 24.9 Å². The normalized spacial score (nSPS) is 26.5. The van der Waals surface area contributed by atoms with Gasteiger partial charge in [0, 0.05) is 25.2 Å². The Bertz CT molecular complexity index is 457. The van der Waals surface area contributed by atoms with Gasteiger partial charge in [-0.3, -0.25) is 4.90 Å². The van der Waals surface area contributed by atoms with E-state index in [1.54, 1.807) is 18.2 Å². The van der Waals surface area contributed by atoms with Crippen molar-refractivity contribution in [3.63, 3.8) is 0 Å². The molecule has 0 radical (unpaired) electrons. The van der Waals surface area contributed by atoms with E-state index in [2.05, 4.69) is 4.90 Å². The van der Waals surface area contributed by atoms with E-state index in [1.165, 1.54) is 6.07 Å². The van der Waals surface area contributed by atoms with Gasteiger partial charge in [-0.25, -0.2) is 4.39 Å². The zero-order valence-electron chi connectivity index (χ0n) is 12.6. The van der Waals surface area contributed by atoms with Crippen molar-refractivity contribution >= 4 is 0 Å². The van der Waals surface area contributed by atoms with Gasteiger partial charge in [0.15, 0.2) is 0 Å². The Morgan fingerprint density at radius 1 is 1.38 bits per heavy atom. The number of benzene rings is 1. The van der Waals surface area contributed by atoms with Crippen LogP contribution in [0, 0.1) is 11.7 Å². The summed E-state index contributed by atoms with van der Waals surface area (Å²) < 4.78 is 19.3. The van der Waals surface area contributed by atoms with Gasteiger partial charge in [0.2, 0.25) is 0 Å². The number of rotatable bonds is 5. The standard InChI is InChI=1S/C16H24FNO3/c1-11(16(20)14-5-3-4-6-15(14)17)7-18-8-12(2)21-13(9-18)10-19/h3-6,11-13,16,19-20H,7-10H2,1-2H3. The quantitative estimate of drug-likeness (QED) is 0.866. The molecule has 1 saturated heterocycles. The van der Waals surface area contributed by atoms with Crippen molar-refractivity contribution in [3.8, 4) is 0 Å². The summed E-state index contributed by atoms with van der Waals surface area (Å²) in [4.78, 5) is 2.16. The second-order valence-corrected chi connectivity index (χ2v) is 5.91. The third-order valence-corrected chi connectivity index (χ3v) is 3.91. The minimum Gasteiger partial charge on any atom is -0.394 e. The van der Waals surface area contributed by atoms with Crippen LogP contribution in [0.3, 0.4) is 0 Å². The topological polar surface area (TPSA) is 52.9 Å². The molecule has 1 aliphatic heterocycles. The molecule has 0 bridgehead atoms. The van der Waals surface area contributed by atoms with Crippen LogP contribution in [0.15, 0.2) is 24.3 Å². The third kappa shape index (κ3) is 4.23. The predicted octanol–water partition coefficient (Wildman–Crippen LogP) is 1.58. The molecule has 2 rings (SSSR count). The molecule has 0 aliphatic carbocycles. The van der Waals surface area contributed by atoms with Gasteiger partial charge in [-0.05, 0) is 18.9 Å². The van der Waals surface area contributed by atoms with Crippen molar-refractivity contribution in [2.75, 3.05) is 26.2 Å². The van der Waals surface area contributed by atoms with Gasteiger partial charge in [-0.15, -0.1) is 0 Å². The summed E-state index contributed by atoms with van der Waals surface area (Å²) >= 11 is 0. The fraction of sp³-hybridized carbons (Fsp3) is 0.625. The van der Waals surface area contributed by atoms with Gasteiger partial charge in [0.1, 0.15) is 5.82 Å². The molecule has 0 amide bonds. The number of aliphatic hydroxyl groups excluding tert-OH is 2. The van der Waals surface area contributed by atoms with Crippen molar-refractivity contribution in [2.45, 2.75) is 32.2 Å². The van der Waals surface area contributed by atoms with E-state index in [-0.39, 0.29) is 30.5 Å². The summed E-state index contributed by atoms with van der Waals surface area (Å²) in [7, 11) is 0. The molecule has 21 heavy (non-hydrogen) atoms. The van der Waals surface area contributed by atoms with Crippen molar-refractivity contribution in [3.05, 3.63) is 35.6 Å². The zero-order valence-corrected chi connectivity index (χ0v) is 12.6. The maximum absolute atomic E-state index is 13.7. The van der Waals surface area contributed by atoms with Crippen LogP contribution < -0.4 is 0 Å². The molecule has 2 N–H and O–H groups in total. The van der Waals surface area contributed by atoms with Crippen LogP contribution in [-0.4, -0.2) is 53.6 Å². The van der Waals surface area contributed by atoms with Crippen LogP contribution in [0.2, 0.25) is 0 Å². The van der Waals surface area contributed by atoms with Gasteiger partial charge in [-0.2, -0.15) is 0 Å². The van der Waals surface area contributed by atoms with E-state index in [0.717, 1.165) is 6.54 Å². The maximum atomic E-state index is 13.7. The second kappa shape index (κ2) is 7.31. The highest BCUT2D eigenvalue weighted by Crippen LogP contribution is 2.25. The highest BCUT2D eigenvalue weighted by molar-refractivity contribution is 5.20. The number of nitrogens with zero attached hydrogens (tertiary/aromatic N) is 1. The Hall–Kier alpha value is -1.01. The Kier molecular flexibility index (Phi) is 5.70. The molecular formula is C16H24FNO3. The molecule has 4 atom stereocenters. The Balaban J connectivity index is 1.97. The van der Waals surface area contributed by atoms with Crippen LogP contribution in [0.1, 0.15) is 25.5 Å². The molecule has 0 spiro atoms.